The zero-order valence-electron chi connectivity index (χ0n) is 11.3. The third kappa shape index (κ3) is 6.51. The van der Waals surface area contributed by atoms with Crippen molar-refractivity contribution >= 4 is 6.03 Å². The summed E-state index contributed by atoms with van der Waals surface area (Å²) < 4.78 is 5.49. The summed E-state index contributed by atoms with van der Waals surface area (Å²) >= 11 is 0. The second-order valence-electron chi connectivity index (χ2n) is 5.43. The Morgan fingerprint density at radius 2 is 1.88 bits per heavy atom. The minimum atomic E-state index is -0.0578. The van der Waals surface area contributed by atoms with Crippen LogP contribution in [0.5, 0.6) is 0 Å². The summed E-state index contributed by atoms with van der Waals surface area (Å²) in [5, 5.41) is 5.91. The van der Waals surface area contributed by atoms with Gasteiger partial charge in [0.1, 0.15) is 0 Å². The molecule has 1 saturated carbocycles. The van der Waals surface area contributed by atoms with Crippen molar-refractivity contribution in [2.24, 2.45) is 5.92 Å². The SMILES string of the molecule is CC(C)COCC(C)NC(=O)NC1CCCC1. The number of urea groups is 1. The van der Waals surface area contributed by atoms with Crippen molar-refractivity contribution in [3.8, 4) is 0 Å². The molecule has 0 aromatic rings. The van der Waals surface area contributed by atoms with Crippen molar-refractivity contribution in [2.75, 3.05) is 13.2 Å². The van der Waals surface area contributed by atoms with Gasteiger partial charge in [0.25, 0.3) is 0 Å². The van der Waals surface area contributed by atoms with Gasteiger partial charge < -0.3 is 15.4 Å². The van der Waals surface area contributed by atoms with Crippen LogP contribution in [0.15, 0.2) is 0 Å². The van der Waals surface area contributed by atoms with E-state index in [4.69, 9.17) is 4.74 Å². The van der Waals surface area contributed by atoms with E-state index < -0.39 is 0 Å². The first-order chi connectivity index (χ1) is 8.08. The van der Waals surface area contributed by atoms with Crippen LogP contribution in [-0.4, -0.2) is 31.3 Å². The lowest BCUT2D eigenvalue weighted by atomic mass is 10.2. The summed E-state index contributed by atoms with van der Waals surface area (Å²) in [5.41, 5.74) is 0. The van der Waals surface area contributed by atoms with Crippen LogP contribution in [0, 0.1) is 5.92 Å². The average Bonchev–Trinajstić information content (AvgIpc) is 2.69. The Labute approximate surface area is 104 Å². The summed E-state index contributed by atoms with van der Waals surface area (Å²) in [6.45, 7) is 7.52. The number of carbonyl (C=O) groups excluding carboxylic acids is 1. The first-order valence-electron chi connectivity index (χ1n) is 6.72. The topological polar surface area (TPSA) is 50.4 Å². The van der Waals surface area contributed by atoms with Gasteiger partial charge in [0.15, 0.2) is 0 Å². The van der Waals surface area contributed by atoms with Crippen LogP contribution in [0.1, 0.15) is 46.5 Å². The van der Waals surface area contributed by atoms with Crippen LogP contribution < -0.4 is 10.6 Å². The standard InChI is InChI=1S/C13H26N2O2/c1-10(2)8-17-9-11(3)14-13(16)15-12-6-4-5-7-12/h10-12H,4-9H2,1-3H3,(H2,14,15,16). The van der Waals surface area contributed by atoms with Crippen molar-refractivity contribution < 1.29 is 9.53 Å². The van der Waals surface area contributed by atoms with Gasteiger partial charge in [-0.3, -0.25) is 0 Å². The number of hydrogen-bond acceptors (Lipinski definition) is 2. The predicted octanol–water partition coefficient (Wildman–Crippen LogP) is 2.29. The normalized spacial score (nSPS) is 18.4. The van der Waals surface area contributed by atoms with Gasteiger partial charge in [-0.2, -0.15) is 0 Å². The molecule has 0 aromatic heterocycles. The number of hydrogen-bond donors (Lipinski definition) is 2. The largest absolute Gasteiger partial charge is 0.379 e. The second kappa shape index (κ2) is 7.54. The number of carbonyl (C=O) groups is 1. The molecule has 0 aromatic carbocycles. The third-order valence-electron chi connectivity index (χ3n) is 2.89. The highest BCUT2D eigenvalue weighted by Crippen LogP contribution is 2.17. The molecule has 0 aliphatic heterocycles. The van der Waals surface area contributed by atoms with E-state index in [1.807, 2.05) is 6.92 Å². The van der Waals surface area contributed by atoms with Crippen LogP contribution in [0.3, 0.4) is 0 Å². The molecule has 0 radical (unpaired) electrons. The fraction of sp³-hybridized carbons (Fsp3) is 0.923. The molecule has 4 nitrogen and oxygen atoms in total. The molecule has 100 valence electrons. The Bertz CT molecular complexity index is 225. The van der Waals surface area contributed by atoms with E-state index >= 15 is 0 Å². The molecule has 4 heteroatoms. The van der Waals surface area contributed by atoms with Gasteiger partial charge in [-0.15, -0.1) is 0 Å². The first-order valence-corrected chi connectivity index (χ1v) is 6.72. The number of amides is 2. The van der Waals surface area contributed by atoms with Crippen molar-refractivity contribution in [3.05, 3.63) is 0 Å². The Kier molecular flexibility index (Phi) is 6.34. The van der Waals surface area contributed by atoms with E-state index in [0.29, 0.717) is 18.6 Å². The Balaban J connectivity index is 2.07. The summed E-state index contributed by atoms with van der Waals surface area (Å²) in [5.74, 6) is 0.537. The molecule has 0 spiro atoms. The van der Waals surface area contributed by atoms with E-state index in [0.717, 1.165) is 19.4 Å². The summed E-state index contributed by atoms with van der Waals surface area (Å²) in [6, 6.07) is 0.381. The van der Waals surface area contributed by atoms with Crippen molar-refractivity contribution in [3.63, 3.8) is 0 Å². The highest BCUT2D eigenvalue weighted by Gasteiger charge is 2.17. The molecular weight excluding hydrogens is 216 g/mol. The monoisotopic (exact) mass is 242 g/mol. The molecule has 0 saturated heterocycles. The van der Waals surface area contributed by atoms with E-state index in [-0.39, 0.29) is 12.1 Å². The minimum absolute atomic E-state index is 0.0578. The van der Waals surface area contributed by atoms with Crippen molar-refractivity contribution in [2.45, 2.75) is 58.5 Å². The molecule has 1 unspecified atom stereocenters. The molecule has 1 atom stereocenters. The van der Waals surface area contributed by atoms with Crippen LogP contribution in [0.2, 0.25) is 0 Å². The van der Waals surface area contributed by atoms with Gasteiger partial charge >= 0.3 is 6.03 Å². The van der Waals surface area contributed by atoms with Crippen molar-refractivity contribution in [1.82, 2.24) is 10.6 Å². The minimum Gasteiger partial charge on any atom is -0.379 e. The van der Waals surface area contributed by atoms with Crippen LogP contribution in [0.4, 0.5) is 4.79 Å². The molecule has 0 bridgehead atoms. The summed E-state index contributed by atoms with van der Waals surface area (Å²) in [4.78, 5) is 11.6. The van der Waals surface area contributed by atoms with E-state index in [9.17, 15) is 4.79 Å². The van der Waals surface area contributed by atoms with Crippen molar-refractivity contribution in [1.29, 1.82) is 0 Å². The lowest BCUT2D eigenvalue weighted by Gasteiger charge is -2.18. The smallest absolute Gasteiger partial charge is 0.315 e. The Hall–Kier alpha value is -0.770. The number of rotatable bonds is 6. The maximum atomic E-state index is 11.6. The number of nitrogens with one attached hydrogen (secondary N) is 2. The fourth-order valence-corrected chi connectivity index (χ4v) is 2.04. The Morgan fingerprint density at radius 3 is 2.47 bits per heavy atom. The van der Waals surface area contributed by atoms with Crippen LogP contribution >= 0.6 is 0 Å². The van der Waals surface area contributed by atoms with E-state index in [1.165, 1.54) is 12.8 Å². The molecule has 17 heavy (non-hydrogen) atoms. The lowest BCUT2D eigenvalue weighted by Crippen LogP contribution is -2.46. The third-order valence-corrected chi connectivity index (χ3v) is 2.89. The predicted molar refractivity (Wildman–Crippen MR) is 69.0 cm³/mol. The van der Waals surface area contributed by atoms with Gasteiger partial charge in [0.2, 0.25) is 0 Å². The highest BCUT2D eigenvalue weighted by molar-refractivity contribution is 5.74. The van der Waals surface area contributed by atoms with E-state index in [2.05, 4.69) is 24.5 Å². The van der Waals surface area contributed by atoms with Gasteiger partial charge in [-0.05, 0) is 25.7 Å². The molecule has 1 fully saturated rings. The molecule has 2 N–H and O–H groups in total. The van der Waals surface area contributed by atoms with Crippen LogP contribution in [0.25, 0.3) is 0 Å². The first kappa shape index (κ1) is 14.3. The van der Waals surface area contributed by atoms with E-state index in [1.54, 1.807) is 0 Å². The molecule has 1 aliphatic carbocycles. The van der Waals surface area contributed by atoms with Gasteiger partial charge in [-0.25, -0.2) is 4.79 Å². The quantitative estimate of drug-likeness (QED) is 0.751. The maximum Gasteiger partial charge on any atom is 0.315 e. The zero-order chi connectivity index (χ0) is 12.7. The summed E-state index contributed by atoms with van der Waals surface area (Å²) in [6.07, 6.45) is 4.70. The molecule has 2 amide bonds. The highest BCUT2D eigenvalue weighted by atomic mass is 16.5. The molecule has 0 heterocycles. The average molecular weight is 242 g/mol. The Morgan fingerprint density at radius 1 is 1.24 bits per heavy atom. The fourth-order valence-electron chi connectivity index (χ4n) is 2.04. The van der Waals surface area contributed by atoms with Gasteiger partial charge in [0, 0.05) is 12.6 Å². The lowest BCUT2D eigenvalue weighted by molar-refractivity contribution is 0.0953. The molecular formula is C13H26N2O2. The maximum absolute atomic E-state index is 11.6. The second-order valence-corrected chi connectivity index (χ2v) is 5.43. The zero-order valence-corrected chi connectivity index (χ0v) is 11.3. The number of ether oxygens (including phenoxy) is 1. The van der Waals surface area contributed by atoms with Crippen LogP contribution in [-0.2, 0) is 4.74 Å². The van der Waals surface area contributed by atoms with Gasteiger partial charge in [0.05, 0.1) is 12.6 Å². The molecule has 1 aliphatic rings. The molecule has 1 rings (SSSR count). The van der Waals surface area contributed by atoms with Gasteiger partial charge in [-0.1, -0.05) is 26.7 Å². The summed E-state index contributed by atoms with van der Waals surface area (Å²) in [7, 11) is 0.